The summed E-state index contributed by atoms with van der Waals surface area (Å²) in [4.78, 5) is 45.9. The molecule has 3 amide bonds. The first-order valence-corrected chi connectivity index (χ1v) is 7.80. The van der Waals surface area contributed by atoms with Gasteiger partial charge in [-0.25, -0.2) is 9.59 Å². The van der Waals surface area contributed by atoms with Crippen LogP contribution in [0.3, 0.4) is 0 Å². The van der Waals surface area contributed by atoms with Crippen molar-refractivity contribution in [1.29, 1.82) is 0 Å². The van der Waals surface area contributed by atoms with Crippen LogP contribution in [0, 0.1) is 5.92 Å². The Labute approximate surface area is 145 Å². The number of ketones is 1. The van der Waals surface area contributed by atoms with Gasteiger partial charge in [-0.1, -0.05) is 20.8 Å². The van der Waals surface area contributed by atoms with Gasteiger partial charge in [0.25, 0.3) is 5.91 Å². The standard InChI is InChI=1S/C17H22N2O6/c1-4-13(20)11-5-7-12(8-6-11)24-9-14(21)25-15(10(2)3)16(22)19-17(18)23/h5-8,10,15H,4,9H2,1-3H3,(H3,18,19,22,23)/t15-/m1/s1. The monoisotopic (exact) mass is 350 g/mol. The van der Waals surface area contributed by atoms with Crippen LogP contribution in [0.25, 0.3) is 0 Å². The molecule has 1 aromatic rings. The molecule has 1 aromatic carbocycles. The molecule has 0 spiro atoms. The number of amides is 3. The van der Waals surface area contributed by atoms with Crippen molar-refractivity contribution in [3.63, 3.8) is 0 Å². The number of primary amides is 1. The molecule has 0 saturated carbocycles. The molecule has 8 heteroatoms. The lowest BCUT2D eigenvalue weighted by atomic mass is 10.1. The highest BCUT2D eigenvalue weighted by Crippen LogP contribution is 2.14. The number of benzene rings is 1. The molecule has 0 bridgehead atoms. The summed E-state index contributed by atoms with van der Waals surface area (Å²) in [6.07, 6.45) is -0.760. The number of carbonyl (C=O) groups is 4. The summed E-state index contributed by atoms with van der Waals surface area (Å²) in [7, 11) is 0. The Bertz CT molecular complexity index is 639. The van der Waals surface area contributed by atoms with Crippen LogP contribution in [0.4, 0.5) is 4.79 Å². The minimum Gasteiger partial charge on any atom is -0.482 e. The lowest BCUT2D eigenvalue weighted by Gasteiger charge is -2.19. The highest BCUT2D eigenvalue weighted by Gasteiger charge is 2.27. The van der Waals surface area contributed by atoms with Crippen LogP contribution in [-0.4, -0.2) is 36.4 Å². The molecule has 25 heavy (non-hydrogen) atoms. The van der Waals surface area contributed by atoms with Gasteiger partial charge in [0, 0.05) is 12.0 Å². The summed E-state index contributed by atoms with van der Waals surface area (Å²) in [6.45, 7) is 4.65. The molecule has 0 aromatic heterocycles. The number of rotatable bonds is 8. The lowest BCUT2D eigenvalue weighted by Crippen LogP contribution is -2.46. The number of ether oxygens (including phenoxy) is 2. The molecule has 0 aliphatic heterocycles. The van der Waals surface area contributed by atoms with Crippen LogP contribution < -0.4 is 15.8 Å². The molecule has 0 aliphatic carbocycles. The van der Waals surface area contributed by atoms with Gasteiger partial charge in [0.1, 0.15) is 5.75 Å². The molecule has 0 unspecified atom stereocenters. The summed E-state index contributed by atoms with van der Waals surface area (Å²) in [5, 5.41) is 1.88. The third kappa shape index (κ3) is 6.62. The molecule has 0 aliphatic rings. The number of nitrogens with two attached hydrogens (primary N) is 1. The molecule has 0 radical (unpaired) electrons. The number of nitrogens with one attached hydrogen (secondary N) is 1. The minimum absolute atomic E-state index is 0.00574. The Morgan fingerprint density at radius 2 is 1.72 bits per heavy atom. The molecule has 8 nitrogen and oxygen atoms in total. The molecule has 0 saturated heterocycles. The third-order valence-corrected chi connectivity index (χ3v) is 3.22. The second-order valence-corrected chi connectivity index (χ2v) is 5.60. The average Bonchev–Trinajstić information content (AvgIpc) is 2.56. The van der Waals surface area contributed by atoms with Crippen molar-refractivity contribution in [2.45, 2.75) is 33.3 Å². The highest BCUT2D eigenvalue weighted by atomic mass is 16.6. The Kier molecular flexibility index (Phi) is 7.58. The lowest BCUT2D eigenvalue weighted by molar-refractivity contribution is -0.160. The summed E-state index contributed by atoms with van der Waals surface area (Å²) >= 11 is 0. The zero-order chi connectivity index (χ0) is 19.0. The van der Waals surface area contributed by atoms with Gasteiger partial charge in [-0.05, 0) is 30.2 Å². The summed E-state index contributed by atoms with van der Waals surface area (Å²) in [5.74, 6) is -1.54. The van der Waals surface area contributed by atoms with Crippen molar-refractivity contribution >= 4 is 23.7 Å². The number of hydrogen-bond donors (Lipinski definition) is 2. The van der Waals surface area contributed by atoms with Crippen LogP contribution in [0.5, 0.6) is 5.75 Å². The Morgan fingerprint density at radius 1 is 1.12 bits per heavy atom. The number of esters is 1. The largest absolute Gasteiger partial charge is 0.482 e. The fourth-order valence-electron chi connectivity index (χ4n) is 1.94. The number of carbonyl (C=O) groups excluding carboxylic acids is 4. The van der Waals surface area contributed by atoms with Gasteiger partial charge in [0.2, 0.25) is 0 Å². The zero-order valence-corrected chi connectivity index (χ0v) is 14.4. The van der Waals surface area contributed by atoms with Crippen LogP contribution in [0.15, 0.2) is 24.3 Å². The van der Waals surface area contributed by atoms with Crippen molar-refractivity contribution in [2.24, 2.45) is 11.7 Å². The van der Waals surface area contributed by atoms with E-state index in [4.69, 9.17) is 15.2 Å². The van der Waals surface area contributed by atoms with Gasteiger partial charge in [-0.3, -0.25) is 14.9 Å². The van der Waals surface area contributed by atoms with Gasteiger partial charge in [-0.15, -0.1) is 0 Å². The number of hydrogen-bond acceptors (Lipinski definition) is 6. The Morgan fingerprint density at radius 3 is 2.20 bits per heavy atom. The highest BCUT2D eigenvalue weighted by molar-refractivity contribution is 5.97. The maximum Gasteiger partial charge on any atom is 0.344 e. The van der Waals surface area contributed by atoms with Crippen molar-refractivity contribution in [2.75, 3.05) is 6.61 Å². The van der Waals surface area contributed by atoms with E-state index >= 15 is 0 Å². The Hall–Kier alpha value is -2.90. The first kappa shape index (κ1) is 20.1. The fraction of sp³-hybridized carbons (Fsp3) is 0.412. The quantitative estimate of drug-likeness (QED) is 0.539. The van der Waals surface area contributed by atoms with Crippen molar-refractivity contribution in [3.8, 4) is 5.75 Å². The zero-order valence-electron chi connectivity index (χ0n) is 14.4. The maximum atomic E-state index is 11.8. The van der Waals surface area contributed by atoms with E-state index in [2.05, 4.69) is 0 Å². The smallest absolute Gasteiger partial charge is 0.344 e. The minimum atomic E-state index is -1.16. The molecular formula is C17H22N2O6. The molecule has 136 valence electrons. The fourth-order valence-corrected chi connectivity index (χ4v) is 1.94. The van der Waals surface area contributed by atoms with E-state index in [0.717, 1.165) is 0 Å². The van der Waals surface area contributed by atoms with Crippen LogP contribution in [0.1, 0.15) is 37.6 Å². The predicted molar refractivity (Wildman–Crippen MR) is 89.0 cm³/mol. The normalized spacial score (nSPS) is 11.5. The van der Waals surface area contributed by atoms with Crippen LogP contribution in [0.2, 0.25) is 0 Å². The molecular weight excluding hydrogens is 328 g/mol. The Balaban J connectivity index is 2.58. The second kappa shape index (κ2) is 9.41. The van der Waals surface area contributed by atoms with E-state index in [1.54, 1.807) is 45.0 Å². The van der Waals surface area contributed by atoms with Crippen molar-refractivity contribution < 1.29 is 28.7 Å². The molecule has 3 N–H and O–H groups in total. The number of imide groups is 1. The second-order valence-electron chi connectivity index (χ2n) is 5.60. The van der Waals surface area contributed by atoms with Gasteiger partial charge in [-0.2, -0.15) is 0 Å². The van der Waals surface area contributed by atoms with Gasteiger partial charge in [0.05, 0.1) is 0 Å². The van der Waals surface area contributed by atoms with Crippen molar-refractivity contribution in [3.05, 3.63) is 29.8 Å². The number of Topliss-reactive ketones (excluding diaryl/α,β-unsaturated/α-hetero) is 1. The molecule has 0 fully saturated rings. The summed E-state index contributed by atoms with van der Waals surface area (Å²) < 4.78 is 10.3. The van der Waals surface area contributed by atoms with E-state index < -0.39 is 30.6 Å². The SMILES string of the molecule is CCC(=O)c1ccc(OCC(=O)O[C@@H](C(=O)NC(N)=O)C(C)C)cc1. The summed E-state index contributed by atoms with van der Waals surface area (Å²) in [6, 6.07) is 5.31. The topological polar surface area (TPSA) is 125 Å². The van der Waals surface area contributed by atoms with Crippen LogP contribution in [-0.2, 0) is 14.3 Å². The van der Waals surface area contributed by atoms with Crippen molar-refractivity contribution in [1.82, 2.24) is 5.32 Å². The molecule has 1 atom stereocenters. The predicted octanol–water partition coefficient (Wildman–Crippen LogP) is 1.42. The van der Waals surface area contributed by atoms with Crippen LogP contribution >= 0.6 is 0 Å². The van der Waals surface area contributed by atoms with E-state index in [9.17, 15) is 19.2 Å². The average molecular weight is 350 g/mol. The van der Waals surface area contributed by atoms with E-state index in [0.29, 0.717) is 17.7 Å². The molecule has 1 rings (SSSR count). The first-order valence-electron chi connectivity index (χ1n) is 7.80. The first-order chi connectivity index (χ1) is 11.7. The van der Waals surface area contributed by atoms with Gasteiger partial charge >= 0.3 is 12.0 Å². The van der Waals surface area contributed by atoms with Gasteiger partial charge < -0.3 is 15.2 Å². The molecule has 0 heterocycles. The van der Waals surface area contributed by atoms with E-state index in [1.165, 1.54) is 0 Å². The summed E-state index contributed by atoms with van der Waals surface area (Å²) in [5.41, 5.74) is 5.44. The van der Waals surface area contributed by atoms with Gasteiger partial charge in [0.15, 0.2) is 18.5 Å². The number of urea groups is 1. The van der Waals surface area contributed by atoms with E-state index in [-0.39, 0.29) is 11.7 Å². The third-order valence-electron chi connectivity index (χ3n) is 3.22. The van der Waals surface area contributed by atoms with E-state index in [1.807, 2.05) is 5.32 Å². The maximum absolute atomic E-state index is 11.8.